The molecule has 8 heteroatoms. The van der Waals surface area contributed by atoms with Crippen LogP contribution in [0.1, 0.15) is 23.0 Å². The number of halogens is 3. The van der Waals surface area contributed by atoms with Gasteiger partial charge in [-0.1, -0.05) is 18.2 Å². The second-order valence-corrected chi connectivity index (χ2v) is 6.45. The standard InChI is InChI=1S/C19H20F3N3O2/c1-14-12-24(13-15-6-4-5-9-23-15)10-11-25(14)18(26)16-7-2-3-8-17(16)27-19(20,21)22/h2-9,14H,10-13H2,1H3. The van der Waals surface area contributed by atoms with Gasteiger partial charge >= 0.3 is 6.36 Å². The highest BCUT2D eigenvalue weighted by Gasteiger charge is 2.35. The summed E-state index contributed by atoms with van der Waals surface area (Å²) in [5.41, 5.74) is 0.855. The molecule has 2 heterocycles. The highest BCUT2D eigenvalue weighted by atomic mass is 19.4. The number of pyridine rings is 1. The van der Waals surface area contributed by atoms with Crippen LogP contribution in [0.4, 0.5) is 13.2 Å². The maximum absolute atomic E-state index is 12.8. The van der Waals surface area contributed by atoms with Gasteiger partial charge < -0.3 is 9.64 Å². The van der Waals surface area contributed by atoms with Crippen LogP contribution < -0.4 is 4.74 Å². The van der Waals surface area contributed by atoms with Crippen LogP contribution >= 0.6 is 0 Å². The van der Waals surface area contributed by atoms with E-state index in [1.54, 1.807) is 11.1 Å². The van der Waals surface area contributed by atoms with Crippen LogP contribution in [0, 0.1) is 0 Å². The third-order valence-electron chi connectivity index (χ3n) is 4.43. The summed E-state index contributed by atoms with van der Waals surface area (Å²) >= 11 is 0. The van der Waals surface area contributed by atoms with Crippen molar-refractivity contribution in [3.05, 3.63) is 59.9 Å². The van der Waals surface area contributed by atoms with E-state index in [4.69, 9.17) is 0 Å². The molecule has 1 fully saturated rings. The quantitative estimate of drug-likeness (QED) is 0.818. The molecule has 0 N–H and O–H groups in total. The van der Waals surface area contributed by atoms with Crippen molar-refractivity contribution in [2.45, 2.75) is 25.9 Å². The van der Waals surface area contributed by atoms with Gasteiger partial charge in [-0.15, -0.1) is 13.2 Å². The van der Waals surface area contributed by atoms with Crippen molar-refractivity contribution in [1.82, 2.24) is 14.8 Å². The van der Waals surface area contributed by atoms with E-state index in [0.717, 1.165) is 11.8 Å². The number of para-hydroxylation sites is 1. The highest BCUT2D eigenvalue weighted by molar-refractivity contribution is 5.97. The van der Waals surface area contributed by atoms with E-state index in [9.17, 15) is 18.0 Å². The van der Waals surface area contributed by atoms with Crippen LogP contribution in [-0.2, 0) is 6.54 Å². The molecule has 1 saturated heterocycles. The van der Waals surface area contributed by atoms with Crippen LogP contribution in [0.3, 0.4) is 0 Å². The van der Waals surface area contributed by atoms with E-state index >= 15 is 0 Å². The van der Waals surface area contributed by atoms with Gasteiger partial charge in [-0.2, -0.15) is 0 Å². The highest BCUT2D eigenvalue weighted by Crippen LogP contribution is 2.28. The molecule has 1 aromatic heterocycles. The summed E-state index contributed by atoms with van der Waals surface area (Å²) in [6.07, 6.45) is -3.11. The fourth-order valence-corrected chi connectivity index (χ4v) is 3.21. The summed E-state index contributed by atoms with van der Waals surface area (Å²) < 4.78 is 41.8. The molecule has 1 aliphatic heterocycles. The molecule has 0 radical (unpaired) electrons. The Hall–Kier alpha value is -2.61. The lowest BCUT2D eigenvalue weighted by Crippen LogP contribution is -2.53. The van der Waals surface area contributed by atoms with E-state index < -0.39 is 18.0 Å². The third kappa shape index (κ3) is 4.97. The zero-order valence-electron chi connectivity index (χ0n) is 14.8. The van der Waals surface area contributed by atoms with Crippen molar-refractivity contribution >= 4 is 5.91 Å². The first-order valence-electron chi connectivity index (χ1n) is 8.61. The predicted molar refractivity (Wildman–Crippen MR) is 93.1 cm³/mol. The van der Waals surface area contributed by atoms with Crippen LogP contribution in [0.2, 0.25) is 0 Å². The maximum atomic E-state index is 12.8. The lowest BCUT2D eigenvalue weighted by molar-refractivity contribution is -0.274. The van der Waals surface area contributed by atoms with Gasteiger partial charge in [0.2, 0.25) is 0 Å². The molecule has 0 spiro atoms. The first-order valence-corrected chi connectivity index (χ1v) is 8.61. The largest absolute Gasteiger partial charge is 0.573 e. The zero-order valence-corrected chi connectivity index (χ0v) is 14.8. The summed E-state index contributed by atoms with van der Waals surface area (Å²) in [6.45, 7) is 4.21. The molecular formula is C19H20F3N3O2. The Bertz CT molecular complexity index is 783. The minimum absolute atomic E-state index is 0.0835. The molecule has 1 atom stereocenters. The van der Waals surface area contributed by atoms with E-state index in [-0.39, 0.29) is 11.6 Å². The number of ether oxygens (including phenoxy) is 1. The number of rotatable bonds is 4. The van der Waals surface area contributed by atoms with Crippen LogP contribution in [0.15, 0.2) is 48.7 Å². The molecule has 1 aromatic carbocycles. The number of hydrogen-bond donors (Lipinski definition) is 0. The first kappa shape index (κ1) is 19.2. The Kier molecular flexibility index (Phi) is 5.65. The Morgan fingerprint density at radius 2 is 1.93 bits per heavy atom. The molecule has 1 aliphatic rings. The SMILES string of the molecule is CC1CN(Cc2ccccn2)CCN1C(=O)c1ccccc1OC(F)(F)F. The lowest BCUT2D eigenvalue weighted by atomic mass is 10.1. The number of carbonyl (C=O) groups excluding carboxylic acids is 1. The number of aromatic nitrogens is 1. The Labute approximate surface area is 155 Å². The number of hydrogen-bond acceptors (Lipinski definition) is 4. The second-order valence-electron chi connectivity index (χ2n) is 6.45. The average molecular weight is 379 g/mol. The van der Waals surface area contributed by atoms with Crippen LogP contribution in [0.25, 0.3) is 0 Å². The number of carbonyl (C=O) groups is 1. The van der Waals surface area contributed by atoms with Crippen molar-refractivity contribution in [2.24, 2.45) is 0 Å². The number of amides is 1. The van der Waals surface area contributed by atoms with Crippen molar-refractivity contribution in [3.63, 3.8) is 0 Å². The molecule has 27 heavy (non-hydrogen) atoms. The summed E-state index contributed by atoms with van der Waals surface area (Å²) in [4.78, 5) is 20.9. The monoisotopic (exact) mass is 379 g/mol. The Balaban J connectivity index is 1.68. The van der Waals surface area contributed by atoms with Crippen molar-refractivity contribution < 1.29 is 22.7 Å². The zero-order chi connectivity index (χ0) is 19.4. The average Bonchev–Trinajstić information content (AvgIpc) is 2.61. The summed E-state index contributed by atoms with van der Waals surface area (Å²) in [5, 5.41) is 0. The van der Waals surface area contributed by atoms with Crippen molar-refractivity contribution in [1.29, 1.82) is 0 Å². The smallest absolute Gasteiger partial charge is 0.405 e. The van der Waals surface area contributed by atoms with Crippen LogP contribution in [0.5, 0.6) is 5.75 Å². The van der Waals surface area contributed by atoms with E-state index in [1.165, 1.54) is 18.2 Å². The summed E-state index contributed by atoms with van der Waals surface area (Å²) in [6, 6.07) is 11.0. The van der Waals surface area contributed by atoms with E-state index in [0.29, 0.717) is 26.2 Å². The molecule has 5 nitrogen and oxygen atoms in total. The van der Waals surface area contributed by atoms with E-state index in [2.05, 4.69) is 14.6 Å². The van der Waals surface area contributed by atoms with Crippen LogP contribution in [-0.4, -0.2) is 52.7 Å². The molecule has 1 amide bonds. The predicted octanol–water partition coefficient (Wildman–Crippen LogP) is 3.33. The van der Waals surface area contributed by atoms with Gasteiger partial charge in [0.25, 0.3) is 5.91 Å². The Morgan fingerprint density at radius 1 is 1.19 bits per heavy atom. The molecule has 1 unspecified atom stereocenters. The Morgan fingerprint density at radius 3 is 2.59 bits per heavy atom. The minimum atomic E-state index is -4.84. The summed E-state index contributed by atoms with van der Waals surface area (Å²) in [7, 11) is 0. The topological polar surface area (TPSA) is 45.7 Å². The maximum Gasteiger partial charge on any atom is 0.573 e. The van der Waals surface area contributed by atoms with Crippen molar-refractivity contribution in [3.8, 4) is 5.75 Å². The molecule has 144 valence electrons. The number of nitrogens with zero attached hydrogens (tertiary/aromatic N) is 3. The van der Waals surface area contributed by atoms with E-state index in [1.807, 2.05) is 25.1 Å². The molecule has 0 bridgehead atoms. The van der Waals surface area contributed by atoms with Gasteiger partial charge in [-0.3, -0.25) is 14.7 Å². The van der Waals surface area contributed by atoms with Gasteiger partial charge in [-0.25, -0.2) is 0 Å². The number of piperazine rings is 1. The number of alkyl halides is 3. The van der Waals surface area contributed by atoms with Gasteiger partial charge in [0.15, 0.2) is 0 Å². The molecule has 2 aromatic rings. The van der Waals surface area contributed by atoms with Gasteiger partial charge in [0.05, 0.1) is 11.3 Å². The van der Waals surface area contributed by atoms with Crippen molar-refractivity contribution in [2.75, 3.05) is 19.6 Å². The second kappa shape index (κ2) is 7.96. The number of benzene rings is 1. The first-order chi connectivity index (χ1) is 12.8. The fourth-order valence-electron chi connectivity index (χ4n) is 3.21. The molecule has 0 aliphatic carbocycles. The lowest BCUT2D eigenvalue weighted by Gasteiger charge is -2.40. The third-order valence-corrected chi connectivity index (χ3v) is 4.43. The molecule has 3 rings (SSSR count). The fraction of sp³-hybridized carbons (Fsp3) is 0.368. The minimum Gasteiger partial charge on any atom is -0.405 e. The van der Waals surface area contributed by atoms with Gasteiger partial charge in [-0.05, 0) is 31.2 Å². The normalized spacial score (nSPS) is 18.4. The van der Waals surface area contributed by atoms with Gasteiger partial charge in [0.1, 0.15) is 5.75 Å². The molecule has 0 saturated carbocycles. The summed E-state index contributed by atoms with van der Waals surface area (Å²) in [5.74, 6) is -0.932. The van der Waals surface area contributed by atoms with Gasteiger partial charge in [0, 0.05) is 38.4 Å². The molecular weight excluding hydrogens is 359 g/mol.